The minimum atomic E-state index is 0.788. The Bertz CT molecular complexity index is 300. The summed E-state index contributed by atoms with van der Waals surface area (Å²) in [6.45, 7) is 2.26. The Kier molecular flexibility index (Phi) is 5.09. The molecule has 0 heterocycles. The van der Waals surface area contributed by atoms with Gasteiger partial charge in [-0.2, -0.15) is 0 Å². The summed E-state index contributed by atoms with van der Waals surface area (Å²) in [6, 6.07) is 0. The average Bonchev–Trinajstić information content (AvgIpc) is 2.39. The lowest BCUT2D eigenvalue weighted by molar-refractivity contribution is 0.419. The standard InChI is InChI=1S/C17H26/c1-15(14-17-10-6-3-7-11-17)12-13-16-8-4-2-5-9-16/h3,6,12-14,16-17H,2,4-5,7-11H2,1H3/b13-12-,15-14-. The molecule has 0 saturated heterocycles. The van der Waals surface area contributed by atoms with E-state index in [2.05, 4.69) is 37.3 Å². The van der Waals surface area contributed by atoms with Gasteiger partial charge in [0, 0.05) is 0 Å². The van der Waals surface area contributed by atoms with Crippen LogP contribution in [0, 0.1) is 11.8 Å². The number of hydrogen-bond donors (Lipinski definition) is 0. The highest BCUT2D eigenvalue weighted by Gasteiger charge is 2.10. The SMILES string of the molecule is CC(/C=C\C1CCCCC1)=C/C1CC=CCC1. The van der Waals surface area contributed by atoms with E-state index in [1.807, 2.05) is 0 Å². The summed E-state index contributed by atoms with van der Waals surface area (Å²) in [6.07, 6.45) is 23.0. The first kappa shape index (κ1) is 12.7. The van der Waals surface area contributed by atoms with Gasteiger partial charge in [-0.1, -0.05) is 55.2 Å². The first-order valence-corrected chi connectivity index (χ1v) is 7.36. The van der Waals surface area contributed by atoms with E-state index in [0.29, 0.717) is 0 Å². The van der Waals surface area contributed by atoms with Crippen LogP contribution in [0.4, 0.5) is 0 Å². The van der Waals surface area contributed by atoms with Crippen molar-refractivity contribution in [3.63, 3.8) is 0 Å². The van der Waals surface area contributed by atoms with E-state index in [1.165, 1.54) is 56.9 Å². The van der Waals surface area contributed by atoms with E-state index >= 15 is 0 Å². The molecule has 17 heavy (non-hydrogen) atoms. The van der Waals surface area contributed by atoms with E-state index in [1.54, 1.807) is 0 Å². The van der Waals surface area contributed by atoms with Gasteiger partial charge in [0.25, 0.3) is 0 Å². The number of rotatable bonds is 3. The van der Waals surface area contributed by atoms with Gasteiger partial charge < -0.3 is 0 Å². The van der Waals surface area contributed by atoms with Crippen molar-refractivity contribution in [3.05, 3.63) is 36.0 Å². The van der Waals surface area contributed by atoms with Crippen LogP contribution in [0.1, 0.15) is 58.3 Å². The van der Waals surface area contributed by atoms with Crippen molar-refractivity contribution < 1.29 is 0 Å². The molecule has 0 aromatic carbocycles. The lowest BCUT2D eigenvalue weighted by Crippen LogP contribution is -2.02. The van der Waals surface area contributed by atoms with Crippen molar-refractivity contribution in [2.75, 3.05) is 0 Å². The van der Waals surface area contributed by atoms with Crippen molar-refractivity contribution in [1.29, 1.82) is 0 Å². The fourth-order valence-corrected chi connectivity index (χ4v) is 3.01. The Morgan fingerprint density at radius 2 is 1.82 bits per heavy atom. The van der Waals surface area contributed by atoms with Crippen molar-refractivity contribution >= 4 is 0 Å². The normalized spacial score (nSPS) is 27.8. The second-order valence-corrected chi connectivity index (χ2v) is 5.71. The summed E-state index contributed by atoms with van der Waals surface area (Å²) in [5.41, 5.74) is 1.47. The molecular formula is C17H26. The molecule has 0 aromatic heterocycles. The van der Waals surface area contributed by atoms with Crippen molar-refractivity contribution in [1.82, 2.24) is 0 Å². The zero-order chi connectivity index (χ0) is 11.9. The Labute approximate surface area is 106 Å². The number of hydrogen-bond acceptors (Lipinski definition) is 0. The van der Waals surface area contributed by atoms with Crippen LogP contribution >= 0.6 is 0 Å². The highest BCUT2D eigenvalue weighted by atomic mass is 14.2. The number of allylic oxidation sites excluding steroid dienone is 6. The summed E-state index contributed by atoms with van der Waals surface area (Å²) < 4.78 is 0. The Morgan fingerprint density at radius 1 is 1.00 bits per heavy atom. The second kappa shape index (κ2) is 6.83. The average molecular weight is 230 g/mol. The molecule has 1 atom stereocenters. The van der Waals surface area contributed by atoms with Crippen LogP contribution in [0.25, 0.3) is 0 Å². The topological polar surface area (TPSA) is 0 Å². The predicted octanol–water partition coefficient (Wildman–Crippen LogP) is 5.43. The predicted molar refractivity (Wildman–Crippen MR) is 76.0 cm³/mol. The molecule has 0 radical (unpaired) electrons. The van der Waals surface area contributed by atoms with Crippen LogP contribution < -0.4 is 0 Å². The fourth-order valence-electron chi connectivity index (χ4n) is 3.01. The molecule has 0 heteroatoms. The largest absolute Gasteiger partial charge is 0.0885 e. The Balaban J connectivity index is 1.82. The van der Waals surface area contributed by atoms with Gasteiger partial charge in [-0.05, 0) is 50.9 Å². The summed E-state index contributed by atoms with van der Waals surface area (Å²) in [7, 11) is 0. The zero-order valence-corrected chi connectivity index (χ0v) is 11.2. The molecule has 1 unspecified atom stereocenters. The van der Waals surface area contributed by atoms with Crippen LogP contribution in [0.15, 0.2) is 36.0 Å². The molecule has 0 aliphatic heterocycles. The third-order valence-electron chi connectivity index (χ3n) is 4.09. The maximum Gasteiger partial charge on any atom is -0.0190 e. The molecule has 0 N–H and O–H groups in total. The molecule has 2 aliphatic carbocycles. The third-order valence-corrected chi connectivity index (χ3v) is 4.09. The van der Waals surface area contributed by atoms with Gasteiger partial charge in [0.1, 0.15) is 0 Å². The first-order valence-electron chi connectivity index (χ1n) is 7.36. The van der Waals surface area contributed by atoms with Gasteiger partial charge in [0.15, 0.2) is 0 Å². The van der Waals surface area contributed by atoms with E-state index in [9.17, 15) is 0 Å². The van der Waals surface area contributed by atoms with Crippen molar-refractivity contribution in [2.45, 2.75) is 58.3 Å². The third kappa shape index (κ3) is 4.53. The fraction of sp³-hybridized carbons (Fsp3) is 0.647. The van der Waals surface area contributed by atoms with Crippen molar-refractivity contribution in [2.24, 2.45) is 11.8 Å². The molecule has 0 spiro atoms. The van der Waals surface area contributed by atoms with Crippen LogP contribution in [-0.2, 0) is 0 Å². The van der Waals surface area contributed by atoms with Gasteiger partial charge in [-0.15, -0.1) is 0 Å². The maximum atomic E-state index is 2.48. The van der Waals surface area contributed by atoms with E-state index in [4.69, 9.17) is 0 Å². The lowest BCUT2D eigenvalue weighted by atomic mass is 9.88. The maximum absolute atomic E-state index is 2.48. The summed E-state index contributed by atoms with van der Waals surface area (Å²) in [4.78, 5) is 0. The van der Waals surface area contributed by atoms with Gasteiger partial charge in [-0.25, -0.2) is 0 Å². The van der Waals surface area contributed by atoms with Gasteiger partial charge in [0.05, 0.1) is 0 Å². The minimum Gasteiger partial charge on any atom is -0.0885 e. The van der Waals surface area contributed by atoms with E-state index < -0.39 is 0 Å². The first-order chi connectivity index (χ1) is 8.34. The van der Waals surface area contributed by atoms with Crippen LogP contribution in [0.2, 0.25) is 0 Å². The molecule has 2 rings (SSSR count). The second-order valence-electron chi connectivity index (χ2n) is 5.71. The summed E-state index contributed by atoms with van der Waals surface area (Å²) in [5, 5.41) is 0. The molecule has 1 fully saturated rings. The zero-order valence-electron chi connectivity index (χ0n) is 11.2. The molecule has 0 amide bonds. The van der Waals surface area contributed by atoms with Gasteiger partial charge >= 0.3 is 0 Å². The molecule has 1 saturated carbocycles. The van der Waals surface area contributed by atoms with E-state index in [0.717, 1.165) is 11.8 Å². The Morgan fingerprint density at radius 3 is 2.53 bits per heavy atom. The highest BCUT2D eigenvalue weighted by molar-refractivity contribution is 5.19. The molecular weight excluding hydrogens is 204 g/mol. The quantitative estimate of drug-likeness (QED) is 0.448. The molecule has 0 aromatic rings. The van der Waals surface area contributed by atoms with Gasteiger partial charge in [-0.3, -0.25) is 0 Å². The molecule has 94 valence electrons. The Hall–Kier alpha value is -0.780. The van der Waals surface area contributed by atoms with Crippen LogP contribution in [0.5, 0.6) is 0 Å². The minimum absolute atomic E-state index is 0.788. The van der Waals surface area contributed by atoms with Crippen molar-refractivity contribution in [3.8, 4) is 0 Å². The van der Waals surface area contributed by atoms with Crippen LogP contribution in [-0.4, -0.2) is 0 Å². The molecule has 0 nitrogen and oxygen atoms in total. The highest BCUT2D eigenvalue weighted by Crippen LogP contribution is 2.25. The monoisotopic (exact) mass is 230 g/mol. The van der Waals surface area contributed by atoms with Crippen LogP contribution in [0.3, 0.4) is 0 Å². The van der Waals surface area contributed by atoms with E-state index in [-0.39, 0.29) is 0 Å². The summed E-state index contributed by atoms with van der Waals surface area (Å²) >= 11 is 0. The lowest BCUT2D eigenvalue weighted by Gasteiger charge is -2.18. The smallest absolute Gasteiger partial charge is 0.0190 e. The molecule has 0 bridgehead atoms. The molecule has 2 aliphatic rings. The summed E-state index contributed by atoms with van der Waals surface area (Å²) in [5.74, 6) is 1.65. The van der Waals surface area contributed by atoms with Gasteiger partial charge in [0.2, 0.25) is 0 Å².